The van der Waals surface area contributed by atoms with Crippen LogP contribution in [0.1, 0.15) is 22.3 Å². The number of hydrogen-bond acceptors (Lipinski definition) is 6. The van der Waals surface area contributed by atoms with Crippen LogP contribution in [-0.4, -0.2) is 14.5 Å². The van der Waals surface area contributed by atoms with Gasteiger partial charge in [0.15, 0.2) is 5.82 Å². The smallest absolute Gasteiger partial charge is 0.160 e. The van der Waals surface area contributed by atoms with Crippen LogP contribution in [0.25, 0.3) is 83.6 Å². The van der Waals surface area contributed by atoms with Crippen molar-refractivity contribution in [3.8, 4) is 86.1 Å². The van der Waals surface area contributed by atoms with Crippen LogP contribution in [0.4, 0.5) is 0 Å². The first-order valence-corrected chi connectivity index (χ1v) is 18.1. The molecule has 0 aliphatic rings. The van der Waals surface area contributed by atoms with Crippen molar-refractivity contribution < 1.29 is 0 Å². The number of benzene rings is 7. The molecule has 7 aromatic carbocycles. The summed E-state index contributed by atoms with van der Waals surface area (Å²) >= 11 is 0. The van der Waals surface area contributed by atoms with Gasteiger partial charge < -0.3 is 4.57 Å². The van der Waals surface area contributed by atoms with E-state index in [1.807, 2.05) is 115 Å². The van der Waals surface area contributed by atoms with Gasteiger partial charge in [-0.1, -0.05) is 84.9 Å². The first kappa shape index (κ1) is 34.2. The molecule has 7 nitrogen and oxygen atoms in total. The van der Waals surface area contributed by atoms with E-state index in [1.165, 1.54) is 0 Å². The first-order valence-electron chi connectivity index (χ1n) is 18.1. The Kier molecular flexibility index (Phi) is 8.58. The molecule has 0 amide bonds. The Morgan fingerprint density at radius 2 is 0.772 bits per heavy atom. The van der Waals surface area contributed by atoms with E-state index >= 15 is 0 Å². The summed E-state index contributed by atoms with van der Waals surface area (Å²) in [7, 11) is 0. The molecule has 262 valence electrons. The second kappa shape index (κ2) is 14.3. The Balaban J connectivity index is 1.43. The van der Waals surface area contributed by atoms with Crippen LogP contribution < -0.4 is 0 Å². The summed E-state index contributed by atoms with van der Waals surface area (Å²) in [6, 6.07) is 61.5. The van der Waals surface area contributed by atoms with Crippen molar-refractivity contribution in [1.29, 1.82) is 21.0 Å². The Labute approximate surface area is 328 Å². The number of rotatable bonds is 6. The molecular weight excluding hydrogens is 699 g/mol. The van der Waals surface area contributed by atoms with Crippen LogP contribution in [0, 0.1) is 45.3 Å². The van der Waals surface area contributed by atoms with E-state index in [-0.39, 0.29) is 0 Å². The van der Waals surface area contributed by atoms with Gasteiger partial charge in [0.2, 0.25) is 0 Å². The van der Waals surface area contributed by atoms with E-state index in [2.05, 4.69) is 41.0 Å². The summed E-state index contributed by atoms with van der Waals surface area (Å²) in [4.78, 5) is 10.4. The molecule has 0 fully saturated rings. The fourth-order valence-corrected chi connectivity index (χ4v) is 7.39. The molecule has 9 rings (SSSR count). The second-order valence-corrected chi connectivity index (χ2v) is 13.5. The van der Waals surface area contributed by atoms with E-state index in [0.717, 1.165) is 77.8 Å². The predicted molar refractivity (Wildman–Crippen MR) is 222 cm³/mol. The molecule has 2 aromatic heterocycles. The van der Waals surface area contributed by atoms with Gasteiger partial charge in [-0.15, -0.1) is 0 Å². The van der Waals surface area contributed by atoms with Gasteiger partial charge in [0, 0.05) is 38.6 Å². The van der Waals surface area contributed by atoms with Crippen LogP contribution in [0.2, 0.25) is 0 Å². The molecule has 0 spiro atoms. The van der Waals surface area contributed by atoms with Crippen LogP contribution in [0.5, 0.6) is 0 Å². The third-order valence-corrected chi connectivity index (χ3v) is 10.1. The van der Waals surface area contributed by atoms with Crippen molar-refractivity contribution in [2.75, 3.05) is 0 Å². The van der Waals surface area contributed by atoms with Gasteiger partial charge in [0.25, 0.3) is 0 Å². The number of nitriles is 4. The summed E-state index contributed by atoms with van der Waals surface area (Å²) < 4.78 is 2.18. The Bertz CT molecular complexity index is 2980. The van der Waals surface area contributed by atoms with Gasteiger partial charge in [-0.25, -0.2) is 9.97 Å². The molecule has 0 aliphatic heterocycles. The zero-order valence-electron chi connectivity index (χ0n) is 30.2. The first-order chi connectivity index (χ1) is 28.0. The molecule has 2 heterocycles. The lowest BCUT2D eigenvalue weighted by Crippen LogP contribution is -2.03. The summed E-state index contributed by atoms with van der Waals surface area (Å²) in [6.07, 6.45) is 0. The Morgan fingerprint density at radius 1 is 0.368 bits per heavy atom. The molecule has 57 heavy (non-hydrogen) atoms. The summed E-state index contributed by atoms with van der Waals surface area (Å²) in [6.45, 7) is 0. The van der Waals surface area contributed by atoms with Crippen LogP contribution in [0.15, 0.2) is 164 Å². The lowest BCUT2D eigenvalue weighted by atomic mass is 9.91. The molecule has 0 N–H and O–H groups in total. The monoisotopic (exact) mass is 725 g/mol. The molecule has 9 aromatic rings. The van der Waals surface area contributed by atoms with Crippen LogP contribution in [-0.2, 0) is 0 Å². The summed E-state index contributed by atoms with van der Waals surface area (Å²) in [5.74, 6) is 0.520. The maximum atomic E-state index is 9.92. The highest BCUT2D eigenvalue weighted by atomic mass is 15.0. The normalized spacial score (nSPS) is 10.7. The molecule has 0 bridgehead atoms. The standard InChI is InChI=1S/C50H27N7/c51-28-32-11-17-36(18-12-32)41-25-40(50-55-45(38-7-3-1-4-8-38)27-46(56-50)39-9-5-2-6-10-39)26-42(37-19-13-33(29-52)14-20-37)49(41)57-47-21-15-34(30-53)23-43(47)44-24-35(31-54)16-22-48(44)57/h1-27H. The van der Waals surface area contributed by atoms with E-state index < -0.39 is 0 Å². The van der Waals surface area contributed by atoms with Gasteiger partial charge >= 0.3 is 0 Å². The van der Waals surface area contributed by atoms with E-state index in [1.54, 1.807) is 36.4 Å². The molecule has 0 saturated heterocycles. The van der Waals surface area contributed by atoms with Crippen molar-refractivity contribution in [3.05, 3.63) is 186 Å². The maximum Gasteiger partial charge on any atom is 0.160 e. The molecule has 0 unspecified atom stereocenters. The summed E-state index contributed by atoms with van der Waals surface area (Å²) in [5, 5.41) is 41.0. The minimum atomic E-state index is 0.503. The number of nitrogens with zero attached hydrogens (tertiary/aromatic N) is 7. The van der Waals surface area contributed by atoms with Crippen molar-refractivity contribution in [2.24, 2.45) is 0 Å². The van der Waals surface area contributed by atoms with Gasteiger partial charge in [-0.3, -0.25) is 0 Å². The molecule has 0 aliphatic carbocycles. The quantitative estimate of drug-likeness (QED) is 0.168. The van der Waals surface area contributed by atoms with Crippen molar-refractivity contribution >= 4 is 21.8 Å². The number of aromatic nitrogens is 3. The number of hydrogen-bond donors (Lipinski definition) is 0. The topological polar surface area (TPSA) is 126 Å². The second-order valence-electron chi connectivity index (χ2n) is 13.5. The predicted octanol–water partition coefficient (Wildman–Crippen LogP) is 11.4. The highest BCUT2D eigenvalue weighted by molar-refractivity contribution is 6.11. The lowest BCUT2D eigenvalue weighted by molar-refractivity contribution is 1.16. The minimum absolute atomic E-state index is 0.503. The summed E-state index contributed by atoms with van der Waals surface area (Å²) in [5.41, 5.74) is 12.1. The Morgan fingerprint density at radius 3 is 1.18 bits per heavy atom. The van der Waals surface area contributed by atoms with E-state index in [4.69, 9.17) is 9.97 Å². The highest BCUT2D eigenvalue weighted by Crippen LogP contribution is 2.44. The lowest BCUT2D eigenvalue weighted by Gasteiger charge is -2.21. The van der Waals surface area contributed by atoms with Crippen molar-refractivity contribution in [3.63, 3.8) is 0 Å². The van der Waals surface area contributed by atoms with Crippen LogP contribution in [0.3, 0.4) is 0 Å². The van der Waals surface area contributed by atoms with E-state index in [0.29, 0.717) is 28.1 Å². The minimum Gasteiger partial charge on any atom is -0.308 e. The highest BCUT2D eigenvalue weighted by Gasteiger charge is 2.23. The number of fused-ring (bicyclic) bond motifs is 3. The van der Waals surface area contributed by atoms with Gasteiger partial charge in [0.05, 0.1) is 74.6 Å². The third-order valence-electron chi connectivity index (χ3n) is 10.1. The fraction of sp³-hybridized carbons (Fsp3) is 0. The zero-order valence-corrected chi connectivity index (χ0v) is 30.2. The largest absolute Gasteiger partial charge is 0.308 e. The van der Waals surface area contributed by atoms with Crippen molar-refractivity contribution in [2.45, 2.75) is 0 Å². The van der Waals surface area contributed by atoms with Gasteiger partial charge in [-0.2, -0.15) is 21.0 Å². The average Bonchev–Trinajstić information content (AvgIpc) is 3.61. The molecule has 7 heteroatoms. The molecular formula is C50H27N7. The maximum absolute atomic E-state index is 9.92. The zero-order chi connectivity index (χ0) is 38.9. The van der Waals surface area contributed by atoms with E-state index in [9.17, 15) is 21.0 Å². The molecule has 0 saturated carbocycles. The van der Waals surface area contributed by atoms with Gasteiger partial charge in [0.1, 0.15) is 0 Å². The third kappa shape index (κ3) is 6.21. The Hall–Kier alpha value is -8.62. The van der Waals surface area contributed by atoms with Crippen LogP contribution >= 0.6 is 0 Å². The van der Waals surface area contributed by atoms with Gasteiger partial charge in [-0.05, 0) is 90.0 Å². The fourth-order valence-electron chi connectivity index (χ4n) is 7.39. The van der Waals surface area contributed by atoms with Crippen molar-refractivity contribution in [1.82, 2.24) is 14.5 Å². The average molecular weight is 726 g/mol. The molecule has 0 radical (unpaired) electrons. The molecule has 0 atom stereocenters. The SMILES string of the molecule is N#Cc1ccc(-c2cc(-c3nc(-c4ccccc4)cc(-c4ccccc4)n3)cc(-c3ccc(C#N)cc3)c2-n2c3ccc(C#N)cc3c3cc(C#N)ccc32)cc1.